The number of ketones is 1. The molecule has 0 aromatic heterocycles. The summed E-state index contributed by atoms with van der Waals surface area (Å²) in [6, 6.07) is 2.57. The van der Waals surface area contributed by atoms with Gasteiger partial charge in [0.25, 0.3) is 0 Å². The number of para-hydroxylation sites is 1. The van der Waals surface area contributed by atoms with Crippen LogP contribution in [-0.4, -0.2) is 108 Å². The third kappa shape index (κ3) is 14.4. The van der Waals surface area contributed by atoms with Crippen LogP contribution in [0.5, 0.6) is 5.75 Å². The third-order valence-electron chi connectivity index (χ3n) is 9.55. The molecule has 1 aromatic rings. The van der Waals surface area contributed by atoms with Crippen molar-refractivity contribution in [2.24, 2.45) is 11.3 Å². The van der Waals surface area contributed by atoms with Crippen molar-refractivity contribution < 1.29 is 38.3 Å². The SMILES string of the molecule is CCCN(C(=O)C(NC(=O)CN(CC(C)=O)C(=O)C(NC(=O)CNC(C)=O)C(C)(C)C)C1CCCCC1)C(C)C(=O)NC(C)COc1c(C)cccc1C. The van der Waals surface area contributed by atoms with Gasteiger partial charge in [-0.15, -0.1) is 0 Å². The predicted octanol–water partition coefficient (Wildman–Crippen LogP) is 2.96. The zero-order chi connectivity index (χ0) is 40.7. The molecule has 0 radical (unpaired) electrons. The van der Waals surface area contributed by atoms with Gasteiger partial charge in [-0.1, -0.05) is 65.2 Å². The van der Waals surface area contributed by atoms with Crippen LogP contribution in [0.15, 0.2) is 18.2 Å². The highest BCUT2D eigenvalue weighted by molar-refractivity contribution is 5.96. The number of rotatable bonds is 19. The largest absolute Gasteiger partial charge is 0.491 e. The van der Waals surface area contributed by atoms with Gasteiger partial charge in [0.15, 0.2) is 0 Å². The molecule has 0 bridgehead atoms. The van der Waals surface area contributed by atoms with Crippen molar-refractivity contribution in [1.29, 1.82) is 0 Å². The summed E-state index contributed by atoms with van der Waals surface area (Å²) < 4.78 is 6.04. The second-order valence-electron chi connectivity index (χ2n) is 15.8. The maximum absolute atomic E-state index is 14.4. The van der Waals surface area contributed by atoms with Crippen LogP contribution in [0.2, 0.25) is 0 Å². The molecule has 1 saturated carbocycles. The lowest BCUT2D eigenvalue weighted by atomic mass is 9.83. The second kappa shape index (κ2) is 21.4. The molecule has 4 N–H and O–H groups in total. The molecule has 0 heterocycles. The van der Waals surface area contributed by atoms with Crippen molar-refractivity contribution in [3.8, 4) is 5.75 Å². The minimum atomic E-state index is -1.13. The lowest BCUT2D eigenvalue weighted by Crippen LogP contribution is -2.60. The first-order chi connectivity index (χ1) is 25.3. The monoisotopic (exact) mass is 756 g/mol. The van der Waals surface area contributed by atoms with E-state index in [1.807, 2.05) is 45.9 Å². The van der Waals surface area contributed by atoms with Gasteiger partial charge < -0.3 is 35.8 Å². The summed E-state index contributed by atoms with van der Waals surface area (Å²) in [4.78, 5) is 94.7. The lowest BCUT2D eigenvalue weighted by molar-refractivity contribution is -0.146. The maximum atomic E-state index is 14.4. The van der Waals surface area contributed by atoms with E-state index in [2.05, 4.69) is 21.3 Å². The van der Waals surface area contributed by atoms with Gasteiger partial charge >= 0.3 is 0 Å². The number of ether oxygens (including phenoxy) is 1. The van der Waals surface area contributed by atoms with E-state index >= 15 is 0 Å². The van der Waals surface area contributed by atoms with E-state index in [0.717, 1.165) is 41.0 Å². The highest BCUT2D eigenvalue weighted by atomic mass is 16.5. The zero-order valence-electron chi connectivity index (χ0n) is 34.1. The predicted molar refractivity (Wildman–Crippen MR) is 206 cm³/mol. The first-order valence-corrected chi connectivity index (χ1v) is 19.2. The summed E-state index contributed by atoms with van der Waals surface area (Å²) in [5.41, 5.74) is 1.16. The van der Waals surface area contributed by atoms with E-state index in [-0.39, 0.29) is 49.3 Å². The van der Waals surface area contributed by atoms with E-state index in [4.69, 9.17) is 4.74 Å². The van der Waals surface area contributed by atoms with Crippen molar-refractivity contribution in [2.45, 2.75) is 132 Å². The summed E-state index contributed by atoms with van der Waals surface area (Å²) in [7, 11) is 0. The number of hydrogen-bond donors (Lipinski definition) is 4. The summed E-state index contributed by atoms with van der Waals surface area (Å²) in [6.07, 6.45) is 4.74. The second-order valence-corrected chi connectivity index (χ2v) is 15.8. The van der Waals surface area contributed by atoms with Crippen LogP contribution in [0.3, 0.4) is 0 Å². The maximum Gasteiger partial charge on any atom is 0.246 e. The molecule has 4 atom stereocenters. The number of amides is 6. The Labute approximate surface area is 321 Å². The molecule has 302 valence electrons. The molecule has 54 heavy (non-hydrogen) atoms. The number of nitrogens with one attached hydrogen (secondary N) is 4. The Bertz CT molecular complexity index is 1460. The summed E-state index contributed by atoms with van der Waals surface area (Å²) in [5.74, 6) is -2.86. The van der Waals surface area contributed by atoms with Crippen LogP contribution in [0.25, 0.3) is 0 Å². The molecule has 2 rings (SSSR count). The van der Waals surface area contributed by atoms with Crippen LogP contribution in [0.1, 0.15) is 105 Å². The van der Waals surface area contributed by atoms with Crippen molar-refractivity contribution in [3.05, 3.63) is 29.3 Å². The van der Waals surface area contributed by atoms with Crippen molar-refractivity contribution >= 4 is 41.2 Å². The first-order valence-electron chi connectivity index (χ1n) is 19.2. The molecule has 14 heteroatoms. The average Bonchev–Trinajstić information content (AvgIpc) is 3.09. The molecule has 14 nitrogen and oxygen atoms in total. The van der Waals surface area contributed by atoms with Gasteiger partial charge in [0, 0.05) is 13.5 Å². The molecule has 1 aliphatic rings. The first kappa shape index (κ1) is 45.7. The van der Waals surface area contributed by atoms with Crippen molar-refractivity contribution in [3.63, 3.8) is 0 Å². The van der Waals surface area contributed by atoms with Gasteiger partial charge in [-0.2, -0.15) is 0 Å². The van der Waals surface area contributed by atoms with Crippen LogP contribution >= 0.6 is 0 Å². The summed E-state index contributed by atoms with van der Waals surface area (Å²) >= 11 is 0. The van der Waals surface area contributed by atoms with Gasteiger partial charge in [-0.05, 0) is 76.3 Å². The normalized spacial score (nSPS) is 15.4. The minimum absolute atomic E-state index is 0.193. The number of nitrogens with zero attached hydrogens (tertiary/aromatic N) is 2. The van der Waals surface area contributed by atoms with Gasteiger partial charge in [-0.3, -0.25) is 33.6 Å². The third-order valence-corrected chi connectivity index (χ3v) is 9.55. The molecule has 1 fully saturated rings. The Morgan fingerprint density at radius 3 is 2.00 bits per heavy atom. The highest BCUT2D eigenvalue weighted by Gasteiger charge is 2.39. The Kier molecular flexibility index (Phi) is 18.1. The molecular formula is C40H64N6O8. The van der Waals surface area contributed by atoms with Gasteiger partial charge in [-0.25, -0.2) is 0 Å². The van der Waals surface area contributed by atoms with Crippen molar-refractivity contribution in [1.82, 2.24) is 31.1 Å². The van der Waals surface area contributed by atoms with E-state index < -0.39 is 60.3 Å². The number of carbonyl (C=O) groups is 7. The Morgan fingerprint density at radius 2 is 1.46 bits per heavy atom. The van der Waals surface area contributed by atoms with Crippen LogP contribution < -0.4 is 26.0 Å². The van der Waals surface area contributed by atoms with Crippen LogP contribution in [0, 0.1) is 25.2 Å². The zero-order valence-corrected chi connectivity index (χ0v) is 34.1. The minimum Gasteiger partial charge on any atom is -0.491 e. The fourth-order valence-electron chi connectivity index (χ4n) is 6.67. The van der Waals surface area contributed by atoms with Crippen LogP contribution in [-0.2, 0) is 33.6 Å². The molecule has 0 aliphatic heterocycles. The molecule has 0 saturated heterocycles. The van der Waals surface area contributed by atoms with E-state index in [0.29, 0.717) is 19.3 Å². The lowest BCUT2D eigenvalue weighted by Gasteiger charge is -2.37. The number of benzene rings is 1. The van der Waals surface area contributed by atoms with Gasteiger partial charge in [0.05, 0.1) is 19.1 Å². The summed E-state index contributed by atoms with van der Waals surface area (Å²) in [5, 5.41) is 10.9. The Hall–Kier alpha value is -4.49. The van der Waals surface area contributed by atoms with Crippen LogP contribution in [0.4, 0.5) is 0 Å². The standard InChI is InChI=1S/C40H64N6O8/c1-11-20-46(29(6)37(51)42-27(4)24-54-35-25(2)16-15-17-26(35)3)38(52)34(31-18-13-12-14-19-31)43-33(50)23-45(22-28(5)47)39(53)36(40(8,9)10)44-32(49)21-41-30(7)48/h15-17,27,29,31,34,36H,11-14,18-24H2,1-10H3,(H,41,48)(H,42,51)(H,43,50)(H,44,49). The number of carbonyl (C=O) groups excluding carboxylic acids is 7. The van der Waals surface area contributed by atoms with Gasteiger partial charge in [0.1, 0.15) is 42.8 Å². The van der Waals surface area contributed by atoms with E-state index in [9.17, 15) is 33.6 Å². The average molecular weight is 757 g/mol. The molecular weight excluding hydrogens is 692 g/mol. The van der Waals surface area contributed by atoms with E-state index in [1.54, 1.807) is 27.7 Å². The fraction of sp³-hybridized carbons (Fsp3) is 0.675. The fourth-order valence-corrected chi connectivity index (χ4v) is 6.67. The summed E-state index contributed by atoms with van der Waals surface area (Å²) in [6.45, 7) is 16.3. The van der Waals surface area contributed by atoms with E-state index in [1.165, 1.54) is 18.7 Å². The number of hydrogen-bond acceptors (Lipinski definition) is 8. The number of aryl methyl sites for hydroxylation is 2. The Balaban J connectivity index is 2.29. The van der Waals surface area contributed by atoms with Gasteiger partial charge in [0.2, 0.25) is 35.4 Å². The topological polar surface area (TPSA) is 183 Å². The molecule has 6 amide bonds. The molecule has 1 aliphatic carbocycles. The Morgan fingerprint density at radius 1 is 0.852 bits per heavy atom. The number of Topliss-reactive ketones (excluding diaryl/α,β-unsaturated/α-hetero) is 1. The molecule has 1 aromatic carbocycles. The smallest absolute Gasteiger partial charge is 0.246 e. The van der Waals surface area contributed by atoms with Crippen molar-refractivity contribution in [2.75, 3.05) is 32.8 Å². The quantitative estimate of drug-likeness (QED) is 0.166. The molecule has 4 unspecified atom stereocenters. The highest BCUT2D eigenvalue weighted by Crippen LogP contribution is 2.28. The molecule has 0 spiro atoms.